The molecule has 5 heteroatoms. The molecule has 0 aromatic rings. The van der Waals surface area contributed by atoms with Gasteiger partial charge < -0.3 is 14.4 Å². The van der Waals surface area contributed by atoms with Crippen LogP contribution in [-0.4, -0.2) is 47.7 Å². The highest BCUT2D eigenvalue weighted by molar-refractivity contribution is 5.91. The van der Waals surface area contributed by atoms with E-state index in [2.05, 4.69) is 6.92 Å². The van der Waals surface area contributed by atoms with Crippen LogP contribution in [0.5, 0.6) is 0 Å². The van der Waals surface area contributed by atoms with Gasteiger partial charge in [0.05, 0.1) is 24.7 Å². The zero-order valence-electron chi connectivity index (χ0n) is 12.9. The summed E-state index contributed by atoms with van der Waals surface area (Å²) >= 11 is 0. The Bertz CT molecular complexity index is 487. The maximum absolute atomic E-state index is 12.7. The molecule has 1 amide bonds. The largest absolute Gasteiger partial charge is 0.463 e. The van der Waals surface area contributed by atoms with Crippen molar-refractivity contribution in [3.8, 4) is 0 Å². The monoisotopic (exact) mass is 293 g/mol. The lowest BCUT2D eigenvalue weighted by Crippen LogP contribution is -2.40. The van der Waals surface area contributed by atoms with Gasteiger partial charge in [0.1, 0.15) is 11.5 Å². The average molecular weight is 293 g/mol. The summed E-state index contributed by atoms with van der Waals surface area (Å²) in [7, 11) is 0. The highest BCUT2D eigenvalue weighted by Crippen LogP contribution is 2.52. The van der Waals surface area contributed by atoms with Crippen molar-refractivity contribution in [2.75, 3.05) is 13.1 Å². The number of carbonyl (C=O) groups excluding carboxylic acids is 2. The minimum atomic E-state index is -0.601. The highest BCUT2D eigenvalue weighted by atomic mass is 16.6. The van der Waals surface area contributed by atoms with Gasteiger partial charge in [0.25, 0.3) is 0 Å². The fourth-order valence-electron chi connectivity index (χ4n) is 3.70. The first-order valence-electron chi connectivity index (χ1n) is 7.85. The van der Waals surface area contributed by atoms with Crippen molar-refractivity contribution < 1.29 is 19.1 Å². The quantitative estimate of drug-likeness (QED) is 0.569. The van der Waals surface area contributed by atoms with Crippen LogP contribution in [0.25, 0.3) is 0 Å². The van der Waals surface area contributed by atoms with Crippen LogP contribution in [0.3, 0.4) is 0 Å². The lowest BCUT2D eigenvalue weighted by atomic mass is 9.77. The van der Waals surface area contributed by atoms with Gasteiger partial charge in [0.15, 0.2) is 0 Å². The Hall–Kier alpha value is -1.36. The summed E-state index contributed by atoms with van der Waals surface area (Å²) in [4.78, 5) is 26.9. The van der Waals surface area contributed by atoms with Crippen LogP contribution < -0.4 is 0 Å². The maximum Gasteiger partial charge on any atom is 0.313 e. The molecular weight excluding hydrogens is 270 g/mol. The Morgan fingerprint density at radius 2 is 2.33 bits per heavy atom. The third-order valence-corrected chi connectivity index (χ3v) is 4.58. The summed E-state index contributed by atoms with van der Waals surface area (Å²) < 4.78 is 11.3. The van der Waals surface area contributed by atoms with E-state index in [0.717, 1.165) is 19.4 Å². The number of fused-ring (bicyclic) bond motifs is 1. The van der Waals surface area contributed by atoms with Crippen molar-refractivity contribution >= 4 is 11.9 Å². The number of hydrogen-bond acceptors (Lipinski definition) is 4. The first kappa shape index (κ1) is 14.6. The second kappa shape index (κ2) is 5.13. The molecule has 0 radical (unpaired) electrons. The number of rotatable bonds is 5. The number of ether oxygens (including phenoxy) is 2. The molecular formula is C16H23NO4. The molecule has 2 bridgehead atoms. The lowest BCUT2D eigenvalue weighted by Gasteiger charge is -2.23. The van der Waals surface area contributed by atoms with E-state index in [4.69, 9.17) is 9.47 Å². The molecule has 0 aliphatic carbocycles. The van der Waals surface area contributed by atoms with E-state index in [-0.39, 0.29) is 24.1 Å². The molecule has 0 aromatic carbocycles. The molecule has 3 rings (SSSR count). The van der Waals surface area contributed by atoms with Crippen LogP contribution in [-0.2, 0) is 19.1 Å². The standard InChI is InChI=1S/C16H23NO4/c1-4-5-8-17-9-16-7-6-11(21-16)12(13(16)14(17)18)15(19)20-10(2)3/h6-7,10-13H,4-5,8-9H2,1-3H3/t11-,12?,13-,16+/m0/s1. The average Bonchev–Trinajstić information content (AvgIpc) is 3.04. The number of nitrogens with zero attached hydrogens (tertiary/aromatic N) is 1. The fraction of sp³-hybridized carbons (Fsp3) is 0.750. The zero-order valence-corrected chi connectivity index (χ0v) is 12.9. The number of carbonyl (C=O) groups is 2. The smallest absolute Gasteiger partial charge is 0.313 e. The summed E-state index contributed by atoms with van der Waals surface area (Å²) in [5.74, 6) is -1.16. The van der Waals surface area contributed by atoms with E-state index in [9.17, 15) is 9.59 Å². The minimum Gasteiger partial charge on any atom is -0.463 e. The van der Waals surface area contributed by atoms with Crippen LogP contribution in [0.2, 0.25) is 0 Å². The predicted octanol–water partition coefficient (Wildman–Crippen LogP) is 1.52. The first-order chi connectivity index (χ1) is 9.98. The van der Waals surface area contributed by atoms with E-state index >= 15 is 0 Å². The number of amides is 1. The van der Waals surface area contributed by atoms with Crippen LogP contribution in [0, 0.1) is 11.8 Å². The molecule has 116 valence electrons. The van der Waals surface area contributed by atoms with E-state index in [1.807, 2.05) is 30.9 Å². The third-order valence-electron chi connectivity index (χ3n) is 4.58. The Morgan fingerprint density at radius 3 is 3.00 bits per heavy atom. The Balaban J connectivity index is 1.82. The predicted molar refractivity (Wildman–Crippen MR) is 76.4 cm³/mol. The molecule has 0 aromatic heterocycles. The first-order valence-corrected chi connectivity index (χ1v) is 7.85. The zero-order chi connectivity index (χ0) is 15.2. The van der Waals surface area contributed by atoms with E-state index in [1.165, 1.54) is 0 Å². The number of likely N-dealkylation sites (tertiary alicyclic amines) is 1. The molecule has 1 unspecified atom stereocenters. The van der Waals surface area contributed by atoms with Gasteiger partial charge >= 0.3 is 5.97 Å². The minimum absolute atomic E-state index is 0.0426. The van der Waals surface area contributed by atoms with Crippen molar-refractivity contribution in [3.63, 3.8) is 0 Å². The second-order valence-electron chi connectivity index (χ2n) is 6.50. The van der Waals surface area contributed by atoms with Crippen LogP contribution in [0.4, 0.5) is 0 Å². The van der Waals surface area contributed by atoms with Gasteiger partial charge in [0, 0.05) is 6.54 Å². The van der Waals surface area contributed by atoms with Crippen molar-refractivity contribution in [1.82, 2.24) is 4.90 Å². The van der Waals surface area contributed by atoms with Gasteiger partial charge in [-0.3, -0.25) is 9.59 Å². The molecule has 3 heterocycles. The van der Waals surface area contributed by atoms with E-state index in [1.54, 1.807) is 0 Å². The fourth-order valence-corrected chi connectivity index (χ4v) is 3.70. The molecule has 0 saturated carbocycles. The molecule has 1 spiro atoms. The topological polar surface area (TPSA) is 55.8 Å². The second-order valence-corrected chi connectivity index (χ2v) is 6.50. The molecule has 21 heavy (non-hydrogen) atoms. The molecule has 4 atom stereocenters. The molecule has 3 aliphatic rings. The SMILES string of the molecule is CCCCN1C[C@@]23C=C[C@H](O2)C(C(=O)OC(C)C)[C@H]3C1=O. The van der Waals surface area contributed by atoms with Crippen molar-refractivity contribution in [2.45, 2.75) is 51.4 Å². The van der Waals surface area contributed by atoms with Crippen LogP contribution in [0.15, 0.2) is 12.2 Å². The Labute approximate surface area is 125 Å². The van der Waals surface area contributed by atoms with Gasteiger partial charge in [-0.2, -0.15) is 0 Å². The number of esters is 1. The summed E-state index contributed by atoms with van der Waals surface area (Å²) in [6.45, 7) is 7.05. The van der Waals surface area contributed by atoms with Gasteiger partial charge in [-0.05, 0) is 20.3 Å². The Morgan fingerprint density at radius 1 is 1.57 bits per heavy atom. The van der Waals surface area contributed by atoms with Crippen LogP contribution >= 0.6 is 0 Å². The molecule has 3 aliphatic heterocycles. The molecule has 2 fully saturated rings. The van der Waals surface area contributed by atoms with Crippen LogP contribution in [0.1, 0.15) is 33.6 Å². The molecule has 5 nitrogen and oxygen atoms in total. The summed E-state index contributed by atoms with van der Waals surface area (Å²) in [5, 5.41) is 0. The van der Waals surface area contributed by atoms with Gasteiger partial charge in [0.2, 0.25) is 5.91 Å². The van der Waals surface area contributed by atoms with Crippen molar-refractivity contribution in [2.24, 2.45) is 11.8 Å². The normalized spacial score (nSPS) is 36.7. The third kappa shape index (κ3) is 2.18. The summed E-state index contributed by atoms with van der Waals surface area (Å²) in [5.41, 5.74) is -0.601. The molecule has 2 saturated heterocycles. The van der Waals surface area contributed by atoms with Gasteiger partial charge in [-0.15, -0.1) is 0 Å². The molecule has 0 N–H and O–H groups in total. The lowest BCUT2D eigenvalue weighted by molar-refractivity contribution is -0.157. The van der Waals surface area contributed by atoms with Gasteiger partial charge in [-0.25, -0.2) is 0 Å². The number of unbranched alkanes of at least 4 members (excludes halogenated alkanes) is 1. The Kier molecular flexibility index (Phi) is 3.56. The highest BCUT2D eigenvalue weighted by Gasteiger charge is 2.67. The number of hydrogen-bond donors (Lipinski definition) is 0. The maximum atomic E-state index is 12.7. The van der Waals surface area contributed by atoms with Gasteiger partial charge in [-0.1, -0.05) is 25.5 Å². The van der Waals surface area contributed by atoms with E-state index in [0.29, 0.717) is 6.54 Å². The van der Waals surface area contributed by atoms with Crippen molar-refractivity contribution in [3.05, 3.63) is 12.2 Å². The van der Waals surface area contributed by atoms with E-state index < -0.39 is 17.4 Å². The summed E-state index contributed by atoms with van der Waals surface area (Å²) in [6, 6.07) is 0. The summed E-state index contributed by atoms with van der Waals surface area (Å²) in [6.07, 6.45) is 5.43. The van der Waals surface area contributed by atoms with Crippen molar-refractivity contribution in [1.29, 1.82) is 0 Å².